The van der Waals surface area contributed by atoms with E-state index >= 15 is 0 Å². The van der Waals surface area contributed by atoms with Gasteiger partial charge < -0.3 is 14.5 Å². The maximum atomic E-state index is 13.3. The van der Waals surface area contributed by atoms with Crippen LogP contribution in [-0.4, -0.2) is 33.7 Å². The van der Waals surface area contributed by atoms with Gasteiger partial charge in [-0.1, -0.05) is 23.4 Å². The van der Waals surface area contributed by atoms with E-state index in [9.17, 15) is 23.1 Å². The van der Waals surface area contributed by atoms with Gasteiger partial charge in [0.2, 0.25) is 5.91 Å². The van der Waals surface area contributed by atoms with Crippen molar-refractivity contribution >= 4 is 5.91 Å². The molecular formula is C17H17F3N2O3. The van der Waals surface area contributed by atoms with Gasteiger partial charge >= 0.3 is 6.18 Å². The minimum absolute atomic E-state index is 0.00349. The number of benzene rings is 1. The van der Waals surface area contributed by atoms with Crippen LogP contribution in [0.3, 0.4) is 0 Å². The third kappa shape index (κ3) is 3.68. The lowest BCUT2D eigenvalue weighted by Crippen LogP contribution is -2.33. The molecule has 0 spiro atoms. The van der Waals surface area contributed by atoms with Crippen molar-refractivity contribution in [3.8, 4) is 0 Å². The van der Waals surface area contributed by atoms with Crippen LogP contribution in [0.5, 0.6) is 0 Å². The number of carbonyl (C=O) groups is 1. The number of aryl methyl sites for hydroxylation is 1. The van der Waals surface area contributed by atoms with Crippen LogP contribution in [0.2, 0.25) is 0 Å². The molecule has 0 saturated carbocycles. The largest absolute Gasteiger partial charge is 0.416 e. The van der Waals surface area contributed by atoms with Crippen LogP contribution in [0.1, 0.15) is 35.0 Å². The molecule has 2 aromatic rings. The fourth-order valence-corrected chi connectivity index (χ4v) is 3.19. The fraction of sp³-hybridized carbons (Fsp3) is 0.412. The molecule has 0 radical (unpaired) electrons. The SMILES string of the molecule is Cc1cc(CC(=O)N2C[C@H](O)C[C@H]2c2ccccc2C(F)(F)F)no1. The van der Waals surface area contributed by atoms with Gasteiger partial charge in [-0.2, -0.15) is 13.2 Å². The highest BCUT2D eigenvalue weighted by Crippen LogP contribution is 2.40. The monoisotopic (exact) mass is 354 g/mol. The first-order chi connectivity index (χ1) is 11.8. The highest BCUT2D eigenvalue weighted by Gasteiger charge is 2.41. The topological polar surface area (TPSA) is 66.6 Å². The van der Waals surface area contributed by atoms with Gasteiger partial charge in [0.25, 0.3) is 0 Å². The highest BCUT2D eigenvalue weighted by atomic mass is 19.4. The standard InChI is InChI=1S/C17H17F3N2O3/c1-10-6-11(21-25-10)7-16(24)22-9-12(23)8-15(22)13-4-2-3-5-14(13)17(18,19)20/h2-6,12,15,23H,7-9H2,1H3/t12-,15+/m1/s1. The summed E-state index contributed by atoms with van der Waals surface area (Å²) in [6, 6.07) is 5.92. The fourth-order valence-electron chi connectivity index (χ4n) is 3.19. The number of rotatable bonds is 3. The normalized spacial score (nSPS) is 20.9. The molecule has 1 aromatic carbocycles. The van der Waals surface area contributed by atoms with Crippen LogP contribution < -0.4 is 0 Å². The summed E-state index contributed by atoms with van der Waals surface area (Å²) in [4.78, 5) is 13.9. The van der Waals surface area contributed by atoms with Crippen molar-refractivity contribution in [1.29, 1.82) is 0 Å². The average Bonchev–Trinajstić information content (AvgIpc) is 3.12. The zero-order chi connectivity index (χ0) is 18.2. The number of hydrogen-bond donors (Lipinski definition) is 1. The van der Waals surface area contributed by atoms with Crippen molar-refractivity contribution in [2.75, 3.05) is 6.54 Å². The van der Waals surface area contributed by atoms with Crippen LogP contribution in [0.15, 0.2) is 34.9 Å². The van der Waals surface area contributed by atoms with Gasteiger partial charge in [0.1, 0.15) is 5.76 Å². The Hall–Kier alpha value is -2.35. The van der Waals surface area contributed by atoms with Gasteiger partial charge in [0.05, 0.1) is 29.8 Å². The smallest absolute Gasteiger partial charge is 0.391 e. The minimum atomic E-state index is -4.53. The van der Waals surface area contributed by atoms with Crippen molar-refractivity contribution in [3.05, 3.63) is 52.9 Å². The van der Waals surface area contributed by atoms with E-state index in [1.807, 2.05) is 0 Å². The molecule has 134 valence electrons. The molecule has 5 nitrogen and oxygen atoms in total. The summed E-state index contributed by atoms with van der Waals surface area (Å²) < 4.78 is 44.8. The zero-order valence-corrected chi connectivity index (χ0v) is 13.5. The number of likely N-dealkylation sites (tertiary alicyclic amines) is 1. The van der Waals surface area contributed by atoms with Crippen molar-refractivity contribution in [2.45, 2.75) is 38.1 Å². The number of aliphatic hydroxyl groups excluding tert-OH is 1. The molecule has 1 aromatic heterocycles. The summed E-state index contributed by atoms with van der Waals surface area (Å²) in [7, 11) is 0. The first kappa shape index (κ1) is 17.5. The van der Waals surface area contributed by atoms with E-state index in [0.29, 0.717) is 11.5 Å². The summed E-state index contributed by atoms with van der Waals surface area (Å²) in [5.74, 6) is 0.148. The molecule has 25 heavy (non-hydrogen) atoms. The van der Waals surface area contributed by atoms with Gasteiger partial charge in [0, 0.05) is 12.6 Å². The number of nitrogens with zero attached hydrogens (tertiary/aromatic N) is 2. The Bertz CT molecular complexity index is 772. The Balaban J connectivity index is 1.89. The summed E-state index contributed by atoms with van der Waals surface area (Å²) in [5, 5.41) is 13.7. The Labute approximate surface area is 142 Å². The molecule has 1 N–H and O–H groups in total. The minimum Gasteiger partial charge on any atom is -0.391 e. The molecule has 3 rings (SSSR count). The van der Waals surface area contributed by atoms with Crippen LogP contribution in [0.4, 0.5) is 13.2 Å². The van der Waals surface area contributed by atoms with E-state index in [4.69, 9.17) is 4.52 Å². The number of aromatic nitrogens is 1. The van der Waals surface area contributed by atoms with Crippen LogP contribution >= 0.6 is 0 Å². The second kappa shape index (κ2) is 6.51. The second-order valence-electron chi connectivity index (χ2n) is 6.14. The van der Waals surface area contributed by atoms with Crippen molar-refractivity contribution in [2.24, 2.45) is 0 Å². The van der Waals surface area contributed by atoms with Gasteiger partial charge in [-0.15, -0.1) is 0 Å². The molecular weight excluding hydrogens is 337 g/mol. The quantitative estimate of drug-likeness (QED) is 0.920. The third-order valence-electron chi connectivity index (χ3n) is 4.23. The van der Waals surface area contributed by atoms with Crippen LogP contribution in [-0.2, 0) is 17.4 Å². The Morgan fingerprint density at radius 3 is 2.76 bits per heavy atom. The van der Waals surface area contributed by atoms with Gasteiger partial charge in [-0.3, -0.25) is 4.79 Å². The predicted molar refractivity (Wildman–Crippen MR) is 81.5 cm³/mol. The van der Waals surface area contributed by atoms with E-state index < -0.39 is 29.8 Å². The molecule has 8 heteroatoms. The first-order valence-corrected chi connectivity index (χ1v) is 7.81. The van der Waals surface area contributed by atoms with Gasteiger partial charge in [-0.25, -0.2) is 0 Å². The molecule has 1 amide bonds. The van der Waals surface area contributed by atoms with E-state index in [1.165, 1.54) is 23.1 Å². The zero-order valence-electron chi connectivity index (χ0n) is 13.5. The molecule has 0 aliphatic carbocycles. The van der Waals surface area contributed by atoms with E-state index in [-0.39, 0.29) is 24.9 Å². The Morgan fingerprint density at radius 1 is 1.40 bits per heavy atom. The lowest BCUT2D eigenvalue weighted by Gasteiger charge is -2.27. The molecule has 2 atom stereocenters. The highest BCUT2D eigenvalue weighted by molar-refractivity contribution is 5.79. The van der Waals surface area contributed by atoms with E-state index in [2.05, 4.69) is 5.16 Å². The molecule has 1 aliphatic rings. The maximum absolute atomic E-state index is 13.3. The Kier molecular flexibility index (Phi) is 4.55. The van der Waals surface area contributed by atoms with Gasteiger partial charge in [0.15, 0.2) is 0 Å². The van der Waals surface area contributed by atoms with Gasteiger partial charge in [-0.05, 0) is 25.0 Å². The summed E-state index contributed by atoms with van der Waals surface area (Å²) in [5.41, 5.74) is -0.382. The number of alkyl halides is 3. The summed E-state index contributed by atoms with van der Waals surface area (Å²) >= 11 is 0. The number of halogens is 3. The second-order valence-corrected chi connectivity index (χ2v) is 6.14. The van der Waals surface area contributed by atoms with E-state index in [1.54, 1.807) is 13.0 Å². The number of amides is 1. The summed E-state index contributed by atoms with van der Waals surface area (Å²) in [6.45, 7) is 1.68. The van der Waals surface area contributed by atoms with Crippen LogP contribution in [0, 0.1) is 6.92 Å². The molecule has 2 heterocycles. The van der Waals surface area contributed by atoms with E-state index in [0.717, 1.165) is 6.07 Å². The lowest BCUT2D eigenvalue weighted by molar-refractivity contribution is -0.140. The lowest BCUT2D eigenvalue weighted by atomic mass is 9.97. The molecule has 0 unspecified atom stereocenters. The molecule has 1 aliphatic heterocycles. The van der Waals surface area contributed by atoms with Crippen LogP contribution in [0.25, 0.3) is 0 Å². The molecule has 1 fully saturated rings. The van der Waals surface area contributed by atoms with Crippen molar-refractivity contribution < 1.29 is 27.6 Å². The Morgan fingerprint density at radius 2 is 2.12 bits per heavy atom. The predicted octanol–water partition coefficient (Wildman–Crippen LogP) is 2.88. The number of carbonyl (C=O) groups excluding carboxylic acids is 1. The first-order valence-electron chi connectivity index (χ1n) is 7.81. The average molecular weight is 354 g/mol. The number of β-amino-alcohol motifs (C(OH)–C–C–N with tert-alkyl or cyclic N) is 1. The summed E-state index contributed by atoms with van der Waals surface area (Å²) in [6.07, 6.45) is -5.41. The third-order valence-corrected chi connectivity index (χ3v) is 4.23. The number of aliphatic hydroxyl groups is 1. The number of hydrogen-bond acceptors (Lipinski definition) is 4. The maximum Gasteiger partial charge on any atom is 0.416 e. The van der Waals surface area contributed by atoms with Crippen molar-refractivity contribution in [3.63, 3.8) is 0 Å². The molecule has 1 saturated heterocycles. The molecule has 0 bridgehead atoms. The van der Waals surface area contributed by atoms with Crippen molar-refractivity contribution in [1.82, 2.24) is 10.1 Å².